The predicted octanol–water partition coefficient (Wildman–Crippen LogP) is 2.67. The van der Waals surface area contributed by atoms with E-state index >= 15 is 0 Å². The zero-order valence-corrected chi connectivity index (χ0v) is 11.4. The second-order valence-corrected chi connectivity index (χ2v) is 4.83. The lowest BCUT2D eigenvalue weighted by Gasteiger charge is -2.13. The summed E-state index contributed by atoms with van der Waals surface area (Å²) in [5.41, 5.74) is 3.82. The van der Waals surface area contributed by atoms with Crippen LogP contribution in [0.15, 0.2) is 36.8 Å². The monoisotopic (exact) mass is 243 g/mol. The van der Waals surface area contributed by atoms with Gasteiger partial charge in [-0.2, -0.15) is 0 Å². The van der Waals surface area contributed by atoms with Crippen molar-refractivity contribution in [3.05, 3.63) is 42.4 Å². The molecule has 0 spiro atoms. The van der Waals surface area contributed by atoms with E-state index < -0.39 is 0 Å². The van der Waals surface area contributed by atoms with E-state index in [1.165, 1.54) is 16.8 Å². The van der Waals surface area contributed by atoms with Crippen molar-refractivity contribution in [3.63, 3.8) is 0 Å². The maximum atomic E-state index is 4.28. The van der Waals surface area contributed by atoms with Gasteiger partial charge >= 0.3 is 0 Å². The maximum absolute atomic E-state index is 4.28. The summed E-state index contributed by atoms with van der Waals surface area (Å²) in [6.45, 7) is 4.18. The van der Waals surface area contributed by atoms with Crippen LogP contribution in [0.25, 0.3) is 11.3 Å². The van der Waals surface area contributed by atoms with Crippen LogP contribution in [0.5, 0.6) is 0 Å². The predicted molar refractivity (Wildman–Crippen MR) is 75.6 cm³/mol. The summed E-state index contributed by atoms with van der Waals surface area (Å²) in [7, 11) is 4.18. The average molecular weight is 243 g/mol. The topological polar surface area (TPSA) is 21.1 Å². The van der Waals surface area contributed by atoms with Crippen molar-refractivity contribution in [2.24, 2.45) is 0 Å². The highest BCUT2D eigenvalue weighted by Gasteiger charge is 2.05. The molecule has 1 aromatic carbocycles. The molecule has 0 aliphatic rings. The largest absolute Gasteiger partial charge is 0.329 e. The summed E-state index contributed by atoms with van der Waals surface area (Å²) in [5, 5.41) is 0. The Hall–Kier alpha value is -1.61. The van der Waals surface area contributed by atoms with Crippen LogP contribution < -0.4 is 0 Å². The van der Waals surface area contributed by atoms with E-state index in [1.807, 2.05) is 12.5 Å². The third kappa shape index (κ3) is 2.99. The van der Waals surface area contributed by atoms with Crippen molar-refractivity contribution < 1.29 is 0 Å². The molecule has 1 heterocycles. The molecule has 0 saturated heterocycles. The van der Waals surface area contributed by atoms with Crippen molar-refractivity contribution in [3.8, 4) is 11.3 Å². The van der Waals surface area contributed by atoms with E-state index in [1.54, 1.807) is 0 Å². The first-order valence-corrected chi connectivity index (χ1v) is 6.45. The molecular formula is C15H21N3. The van der Waals surface area contributed by atoms with Crippen molar-refractivity contribution in [1.82, 2.24) is 14.5 Å². The second kappa shape index (κ2) is 5.83. The Morgan fingerprint density at radius 2 is 2.11 bits per heavy atom. The van der Waals surface area contributed by atoms with Gasteiger partial charge in [0.15, 0.2) is 0 Å². The number of hydrogen-bond donors (Lipinski definition) is 0. The van der Waals surface area contributed by atoms with Gasteiger partial charge in [-0.15, -0.1) is 0 Å². The van der Waals surface area contributed by atoms with Crippen LogP contribution >= 0.6 is 0 Å². The summed E-state index contributed by atoms with van der Waals surface area (Å²) in [5.74, 6) is 0. The molecule has 3 nitrogen and oxygen atoms in total. The highest BCUT2D eigenvalue weighted by molar-refractivity contribution is 5.59. The van der Waals surface area contributed by atoms with Crippen molar-refractivity contribution >= 4 is 0 Å². The number of likely N-dealkylation sites (N-methyl/N-ethyl adjacent to an activating group) is 1. The molecule has 0 N–H and O–H groups in total. The number of nitrogens with zero attached hydrogens (tertiary/aromatic N) is 3. The van der Waals surface area contributed by atoms with Gasteiger partial charge in [-0.25, -0.2) is 4.98 Å². The number of imidazole rings is 1. The fraction of sp³-hybridized carbons (Fsp3) is 0.400. The van der Waals surface area contributed by atoms with Gasteiger partial charge in [0.2, 0.25) is 0 Å². The summed E-state index contributed by atoms with van der Waals surface area (Å²) in [6.07, 6.45) is 4.93. The van der Waals surface area contributed by atoms with E-state index in [9.17, 15) is 0 Å². The normalized spacial score (nSPS) is 11.1. The molecule has 18 heavy (non-hydrogen) atoms. The molecule has 0 amide bonds. The first-order chi connectivity index (χ1) is 8.70. The third-order valence-electron chi connectivity index (χ3n) is 3.13. The lowest BCUT2D eigenvalue weighted by molar-refractivity contribution is 0.385. The molecule has 0 aliphatic heterocycles. The van der Waals surface area contributed by atoms with Crippen molar-refractivity contribution in [1.29, 1.82) is 0 Å². The summed E-state index contributed by atoms with van der Waals surface area (Å²) >= 11 is 0. The molecule has 0 unspecified atom stereocenters. The zero-order chi connectivity index (χ0) is 13.0. The molecule has 2 rings (SSSR count). The summed E-state index contributed by atoms with van der Waals surface area (Å²) in [4.78, 5) is 6.46. The number of aryl methyl sites for hydroxylation is 1. The van der Waals surface area contributed by atoms with E-state index in [-0.39, 0.29) is 0 Å². The van der Waals surface area contributed by atoms with E-state index in [2.05, 4.69) is 59.7 Å². The molecule has 3 heteroatoms. The molecule has 96 valence electrons. The van der Waals surface area contributed by atoms with Gasteiger partial charge in [-0.05, 0) is 32.1 Å². The van der Waals surface area contributed by atoms with E-state index in [4.69, 9.17) is 0 Å². The standard InChI is InChI=1S/C15H21N3/c1-4-13-6-5-7-14(10-13)15-11-16-12-18(15)9-8-17(2)3/h5-7,10-12H,4,8-9H2,1-3H3. The molecule has 0 bridgehead atoms. The lowest BCUT2D eigenvalue weighted by atomic mass is 10.1. The van der Waals surface area contributed by atoms with Gasteiger partial charge in [0, 0.05) is 18.7 Å². The quantitative estimate of drug-likeness (QED) is 0.805. The molecule has 0 fully saturated rings. The Bertz CT molecular complexity index is 500. The Morgan fingerprint density at radius 1 is 1.28 bits per heavy atom. The second-order valence-electron chi connectivity index (χ2n) is 4.83. The minimum Gasteiger partial charge on any atom is -0.329 e. The fourth-order valence-corrected chi connectivity index (χ4v) is 2.00. The van der Waals surface area contributed by atoms with Gasteiger partial charge in [-0.3, -0.25) is 0 Å². The first-order valence-electron chi connectivity index (χ1n) is 6.45. The summed E-state index contributed by atoms with van der Waals surface area (Å²) in [6, 6.07) is 8.70. The third-order valence-corrected chi connectivity index (χ3v) is 3.13. The molecule has 0 radical (unpaired) electrons. The molecule has 1 aromatic heterocycles. The smallest absolute Gasteiger partial charge is 0.0951 e. The van der Waals surface area contributed by atoms with Gasteiger partial charge in [0.25, 0.3) is 0 Å². The van der Waals surface area contributed by atoms with Gasteiger partial charge in [-0.1, -0.05) is 25.1 Å². The number of hydrogen-bond acceptors (Lipinski definition) is 2. The minimum absolute atomic E-state index is 0.971. The molecule has 0 aliphatic carbocycles. The average Bonchev–Trinajstić information content (AvgIpc) is 2.84. The lowest BCUT2D eigenvalue weighted by Crippen LogP contribution is -2.18. The summed E-state index contributed by atoms with van der Waals surface area (Å²) < 4.78 is 2.22. The van der Waals surface area contributed by atoms with Crippen LogP contribution in [0.1, 0.15) is 12.5 Å². The van der Waals surface area contributed by atoms with Crippen LogP contribution in [-0.4, -0.2) is 35.1 Å². The highest BCUT2D eigenvalue weighted by atomic mass is 15.1. The van der Waals surface area contributed by atoms with Gasteiger partial charge < -0.3 is 9.47 Å². The number of benzene rings is 1. The zero-order valence-electron chi connectivity index (χ0n) is 11.4. The molecule has 0 saturated carbocycles. The SMILES string of the molecule is CCc1cccc(-c2cncn2CCN(C)C)c1. The van der Waals surface area contributed by atoms with E-state index in [0.717, 1.165) is 19.5 Å². The first kappa shape index (κ1) is 12.8. The van der Waals surface area contributed by atoms with Crippen LogP contribution in [0.3, 0.4) is 0 Å². The van der Waals surface area contributed by atoms with Gasteiger partial charge in [0.1, 0.15) is 0 Å². The molecule has 0 atom stereocenters. The molecule has 2 aromatic rings. The van der Waals surface area contributed by atoms with Crippen LogP contribution in [0, 0.1) is 0 Å². The maximum Gasteiger partial charge on any atom is 0.0951 e. The Labute approximate surface area is 109 Å². The van der Waals surface area contributed by atoms with Crippen molar-refractivity contribution in [2.45, 2.75) is 19.9 Å². The van der Waals surface area contributed by atoms with Crippen LogP contribution in [-0.2, 0) is 13.0 Å². The fourth-order valence-electron chi connectivity index (χ4n) is 2.00. The van der Waals surface area contributed by atoms with Crippen LogP contribution in [0.2, 0.25) is 0 Å². The Balaban J connectivity index is 2.24. The molecular weight excluding hydrogens is 222 g/mol. The highest BCUT2D eigenvalue weighted by Crippen LogP contribution is 2.20. The van der Waals surface area contributed by atoms with Crippen molar-refractivity contribution in [2.75, 3.05) is 20.6 Å². The Kier molecular flexibility index (Phi) is 4.15. The number of aromatic nitrogens is 2. The van der Waals surface area contributed by atoms with Crippen LogP contribution in [0.4, 0.5) is 0 Å². The Morgan fingerprint density at radius 3 is 2.83 bits per heavy atom. The van der Waals surface area contributed by atoms with E-state index in [0.29, 0.717) is 0 Å². The van der Waals surface area contributed by atoms with Gasteiger partial charge in [0.05, 0.1) is 18.2 Å². The minimum atomic E-state index is 0.971. The number of rotatable bonds is 5.